The van der Waals surface area contributed by atoms with E-state index in [-0.39, 0.29) is 6.61 Å². The van der Waals surface area contributed by atoms with Crippen LogP contribution in [0.5, 0.6) is 5.75 Å². The third-order valence-electron chi connectivity index (χ3n) is 3.84. The highest BCUT2D eigenvalue weighted by Crippen LogP contribution is 2.33. The highest BCUT2D eigenvalue weighted by Gasteiger charge is 2.22. The molecular weight excluding hydrogens is 389 g/mol. The molecular formula is C19H13Cl2N3O3. The fraction of sp³-hybridized carbons (Fsp3) is 0.105. The molecule has 2 aromatic carbocycles. The molecule has 27 heavy (non-hydrogen) atoms. The Morgan fingerprint density at radius 2 is 1.85 bits per heavy atom. The van der Waals surface area contributed by atoms with Crippen molar-refractivity contribution in [3.8, 4) is 28.5 Å². The summed E-state index contributed by atoms with van der Waals surface area (Å²) in [5.74, 6) is 1.68. The van der Waals surface area contributed by atoms with Gasteiger partial charge < -0.3 is 13.7 Å². The Labute approximate surface area is 164 Å². The number of nitrogens with zero attached hydrogens (tertiary/aromatic N) is 3. The molecule has 0 saturated carbocycles. The number of rotatable bonds is 5. The first-order chi connectivity index (χ1) is 13.1. The molecule has 0 fully saturated rings. The normalized spacial score (nSPS) is 10.9. The molecule has 0 saturated heterocycles. The van der Waals surface area contributed by atoms with E-state index in [0.29, 0.717) is 44.6 Å². The molecule has 2 heterocycles. The summed E-state index contributed by atoms with van der Waals surface area (Å²) in [6, 6.07) is 14.6. The van der Waals surface area contributed by atoms with E-state index in [1.54, 1.807) is 25.1 Å². The summed E-state index contributed by atoms with van der Waals surface area (Å²) in [7, 11) is 0. The van der Waals surface area contributed by atoms with Gasteiger partial charge in [0.05, 0.1) is 5.02 Å². The minimum atomic E-state index is 0.0688. The highest BCUT2D eigenvalue weighted by atomic mass is 35.5. The van der Waals surface area contributed by atoms with E-state index in [1.165, 1.54) is 0 Å². The third kappa shape index (κ3) is 3.67. The van der Waals surface area contributed by atoms with Crippen LogP contribution in [0, 0.1) is 6.92 Å². The van der Waals surface area contributed by atoms with Crippen LogP contribution >= 0.6 is 23.2 Å². The monoisotopic (exact) mass is 401 g/mol. The summed E-state index contributed by atoms with van der Waals surface area (Å²) >= 11 is 12.0. The molecule has 0 atom stereocenters. The van der Waals surface area contributed by atoms with Crippen LogP contribution in [0.15, 0.2) is 57.5 Å². The molecule has 136 valence electrons. The predicted octanol–water partition coefficient (Wildman–Crippen LogP) is 5.59. The van der Waals surface area contributed by atoms with E-state index in [1.807, 2.05) is 30.3 Å². The average Bonchev–Trinajstić information content (AvgIpc) is 3.28. The number of hydrogen-bond acceptors (Lipinski definition) is 6. The average molecular weight is 402 g/mol. The van der Waals surface area contributed by atoms with Gasteiger partial charge in [-0.2, -0.15) is 0 Å². The van der Waals surface area contributed by atoms with Crippen LogP contribution in [0.1, 0.15) is 11.7 Å². The second-order valence-corrected chi connectivity index (χ2v) is 6.54. The van der Waals surface area contributed by atoms with Gasteiger partial charge in [-0.3, -0.25) is 0 Å². The van der Waals surface area contributed by atoms with Crippen molar-refractivity contribution < 1.29 is 13.7 Å². The van der Waals surface area contributed by atoms with Crippen molar-refractivity contribution in [2.24, 2.45) is 0 Å². The molecule has 8 heteroatoms. The molecule has 0 bridgehead atoms. The fourth-order valence-corrected chi connectivity index (χ4v) is 3.02. The summed E-state index contributed by atoms with van der Waals surface area (Å²) in [5.41, 5.74) is 2.20. The Morgan fingerprint density at radius 1 is 1.04 bits per heavy atom. The van der Waals surface area contributed by atoms with E-state index < -0.39 is 0 Å². The number of aryl methyl sites for hydroxylation is 1. The van der Waals surface area contributed by atoms with Crippen molar-refractivity contribution in [2.75, 3.05) is 0 Å². The summed E-state index contributed by atoms with van der Waals surface area (Å²) in [5, 5.41) is 13.2. The Bertz CT molecular complexity index is 1080. The van der Waals surface area contributed by atoms with E-state index in [9.17, 15) is 0 Å². The highest BCUT2D eigenvalue weighted by molar-refractivity contribution is 6.35. The van der Waals surface area contributed by atoms with Gasteiger partial charge >= 0.3 is 0 Å². The van der Waals surface area contributed by atoms with Crippen molar-refractivity contribution in [3.05, 3.63) is 70.2 Å². The van der Waals surface area contributed by atoms with Gasteiger partial charge in [-0.05, 0) is 25.1 Å². The minimum Gasteiger partial charge on any atom is -0.482 e. The lowest BCUT2D eigenvalue weighted by Gasteiger charge is -2.05. The van der Waals surface area contributed by atoms with Gasteiger partial charge in [0.25, 0.3) is 11.8 Å². The summed E-state index contributed by atoms with van der Waals surface area (Å²) < 4.78 is 16.7. The second kappa shape index (κ2) is 7.42. The molecule has 6 nitrogen and oxygen atoms in total. The molecule has 0 aliphatic heterocycles. The molecule has 0 unspecified atom stereocenters. The molecule has 0 spiro atoms. The first kappa shape index (κ1) is 17.6. The maximum Gasteiger partial charge on any atom is 0.254 e. The zero-order chi connectivity index (χ0) is 18.8. The van der Waals surface area contributed by atoms with E-state index in [0.717, 1.165) is 5.56 Å². The van der Waals surface area contributed by atoms with Crippen molar-refractivity contribution in [1.29, 1.82) is 0 Å². The Kier molecular flexibility index (Phi) is 4.83. The van der Waals surface area contributed by atoms with Crippen LogP contribution in [-0.2, 0) is 6.61 Å². The van der Waals surface area contributed by atoms with Crippen LogP contribution in [0.2, 0.25) is 10.0 Å². The number of ether oxygens (including phenoxy) is 1. The standard InChI is InChI=1S/C19H13Cl2N3O3/c1-11-17(18(24-27-11)12-5-3-2-4-6-12)19-23-22-16(26-19)10-25-15-8-7-13(20)9-14(15)21/h2-9H,10H2,1H3. The van der Waals surface area contributed by atoms with Gasteiger partial charge in [0.15, 0.2) is 6.61 Å². The van der Waals surface area contributed by atoms with Crippen LogP contribution in [0.4, 0.5) is 0 Å². The second-order valence-electron chi connectivity index (χ2n) is 5.69. The maximum atomic E-state index is 6.09. The summed E-state index contributed by atoms with van der Waals surface area (Å²) in [4.78, 5) is 0. The molecule has 4 rings (SSSR count). The lowest BCUT2D eigenvalue weighted by molar-refractivity contribution is 0.264. The molecule has 0 aliphatic rings. The first-order valence-corrected chi connectivity index (χ1v) is 8.79. The minimum absolute atomic E-state index is 0.0688. The summed E-state index contributed by atoms with van der Waals surface area (Å²) in [6.45, 7) is 1.86. The summed E-state index contributed by atoms with van der Waals surface area (Å²) in [6.07, 6.45) is 0. The Morgan fingerprint density at radius 3 is 2.63 bits per heavy atom. The van der Waals surface area contributed by atoms with Crippen LogP contribution in [-0.4, -0.2) is 15.4 Å². The predicted molar refractivity (Wildman–Crippen MR) is 101 cm³/mol. The molecule has 2 aromatic heterocycles. The fourth-order valence-electron chi connectivity index (χ4n) is 2.56. The number of hydrogen-bond donors (Lipinski definition) is 0. The molecule has 0 radical (unpaired) electrons. The number of benzene rings is 2. The van der Waals surface area contributed by atoms with Crippen molar-refractivity contribution >= 4 is 23.2 Å². The van der Waals surface area contributed by atoms with Gasteiger partial charge in [0.1, 0.15) is 22.8 Å². The van der Waals surface area contributed by atoms with Gasteiger partial charge in [-0.1, -0.05) is 58.7 Å². The quantitative estimate of drug-likeness (QED) is 0.434. The van der Waals surface area contributed by atoms with Crippen molar-refractivity contribution in [1.82, 2.24) is 15.4 Å². The van der Waals surface area contributed by atoms with Gasteiger partial charge in [-0.25, -0.2) is 0 Å². The van der Waals surface area contributed by atoms with Gasteiger partial charge in [0.2, 0.25) is 0 Å². The number of aromatic nitrogens is 3. The van der Waals surface area contributed by atoms with Crippen molar-refractivity contribution in [2.45, 2.75) is 13.5 Å². The smallest absolute Gasteiger partial charge is 0.254 e. The Hall–Kier alpha value is -2.83. The Balaban J connectivity index is 1.58. The first-order valence-electron chi connectivity index (χ1n) is 8.04. The largest absolute Gasteiger partial charge is 0.482 e. The molecule has 4 aromatic rings. The topological polar surface area (TPSA) is 74.2 Å². The van der Waals surface area contributed by atoms with Crippen LogP contribution < -0.4 is 4.74 Å². The van der Waals surface area contributed by atoms with Crippen molar-refractivity contribution in [3.63, 3.8) is 0 Å². The van der Waals surface area contributed by atoms with E-state index in [2.05, 4.69) is 15.4 Å². The number of halogens is 2. The molecule has 0 aliphatic carbocycles. The molecule has 0 amide bonds. The van der Waals surface area contributed by atoms with E-state index >= 15 is 0 Å². The van der Waals surface area contributed by atoms with Crippen LogP contribution in [0.25, 0.3) is 22.7 Å². The van der Waals surface area contributed by atoms with Gasteiger partial charge in [-0.15, -0.1) is 10.2 Å². The maximum absolute atomic E-state index is 6.09. The zero-order valence-corrected chi connectivity index (χ0v) is 15.7. The zero-order valence-electron chi connectivity index (χ0n) is 14.1. The van der Waals surface area contributed by atoms with Gasteiger partial charge in [0, 0.05) is 10.6 Å². The van der Waals surface area contributed by atoms with E-state index in [4.69, 9.17) is 36.9 Å². The lowest BCUT2D eigenvalue weighted by atomic mass is 10.1. The molecule has 0 N–H and O–H groups in total. The van der Waals surface area contributed by atoms with Crippen LogP contribution in [0.3, 0.4) is 0 Å². The third-order valence-corrected chi connectivity index (χ3v) is 4.37. The lowest BCUT2D eigenvalue weighted by Crippen LogP contribution is -1.96. The SMILES string of the molecule is Cc1onc(-c2ccccc2)c1-c1nnc(COc2ccc(Cl)cc2Cl)o1.